The van der Waals surface area contributed by atoms with Crippen LogP contribution in [0.2, 0.25) is 0 Å². The number of hydrogen-bond donors (Lipinski definition) is 0. The predicted molar refractivity (Wildman–Crippen MR) is 101 cm³/mol. The molecule has 0 aliphatic heterocycles. The molecule has 8 heteroatoms. The third-order valence-electron chi connectivity index (χ3n) is 4.08. The van der Waals surface area contributed by atoms with Crippen LogP contribution in [0.25, 0.3) is 0 Å². The van der Waals surface area contributed by atoms with Gasteiger partial charge < -0.3 is 18.9 Å². The molecule has 0 amide bonds. The SMILES string of the molecule is CCC(C)OC(=O)C(C)OC(=O)CCCCC(=O)OC(C)C(=O)OC(C)CC. The molecule has 0 saturated heterocycles. The van der Waals surface area contributed by atoms with Gasteiger partial charge in [-0.3, -0.25) is 9.59 Å². The van der Waals surface area contributed by atoms with E-state index in [0.717, 1.165) is 0 Å². The zero-order valence-electron chi connectivity index (χ0n) is 17.8. The van der Waals surface area contributed by atoms with Gasteiger partial charge in [-0.1, -0.05) is 13.8 Å². The molecule has 0 bridgehead atoms. The maximum absolute atomic E-state index is 11.7. The summed E-state index contributed by atoms with van der Waals surface area (Å²) in [4.78, 5) is 46.9. The highest BCUT2D eigenvalue weighted by molar-refractivity contribution is 5.80. The van der Waals surface area contributed by atoms with Crippen LogP contribution in [0.5, 0.6) is 0 Å². The molecule has 28 heavy (non-hydrogen) atoms. The largest absolute Gasteiger partial charge is 0.460 e. The highest BCUT2D eigenvalue weighted by Crippen LogP contribution is 2.08. The minimum absolute atomic E-state index is 0.0693. The summed E-state index contributed by atoms with van der Waals surface area (Å²) >= 11 is 0. The maximum atomic E-state index is 11.7. The fraction of sp³-hybridized carbons (Fsp3) is 0.800. The van der Waals surface area contributed by atoms with Crippen LogP contribution in [-0.4, -0.2) is 48.3 Å². The molecular weight excluding hydrogens is 368 g/mol. The Bertz CT molecular complexity index is 470. The van der Waals surface area contributed by atoms with Gasteiger partial charge in [-0.2, -0.15) is 0 Å². The van der Waals surface area contributed by atoms with E-state index in [4.69, 9.17) is 18.9 Å². The van der Waals surface area contributed by atoms with Gasteiger partial charge in [0, 0.05) is 12.8 Å². The Morgan fingerprint density at radius 3 is 1.21 bits per heavy atom. The molecule has 0 aliphatic carbocycles. The summed E-state index contributed by atoms with van der Waals surface area (Å²) in [5.41, 5.74) is 0. The molecule has 8 nitrogen and oxygen atoms in total. The molecule has 0 heterocycles. The smallest absolute Gasteiger partial charge is 0.347 e. The summed E-state index contributed by atoms with van der Waals surface area (Å²) < 4.78 is 20.2. The Morgan fingerprint density at radius 2 is 0.929 bits per heavy atom. The Hall–Kier alpha value is -2.12. The average molecular weight is 402 g/mol. The van der Waals surface area contributed by atoms with Crippen LogP contribution >= 0.6 is 0 Å². The first kappa shape index (κ1) is 25.9. The Kier molecular flexibility index (Phi) is 12.9. The predicted octanol–water partition coefficient (Wildman–Crippen LogP) is 3.09. The Balaban J connectivity index is 4.02. The van der Waals surface area contributed by atoms with Crippen molar-refractivity contribution in [1.82, 2.24) is 0 Å². The summed E-state index contributed by atoms with van der Waals surface area (Å²) in [7, 11) is 0. The second kappa shape index (κ2) is 14.0. The van der Waals surface area contributed by atoms with Gasteiger partial charge >= 0.3 is 23.9 Å². The van der Waals surface area contributed by atoms with E-state index in [1.54, 1.807) is 13.8 Å². The van der Waals surface area contributed by atoms with Crippen molar-refractivity contribution in [3.8, 4) is 0 Å². The van der Waals surface area contributed by atoms with Crippen molar-refractivity contribution in [2.75, 3.05) is 0 Å². The standard InChI is InChI=1S/C20H34O8/c1-7-13(3)25-19(23)15(5)27-17(21)11-9-10-12-18(22)28-16(6)20(24)26-14(4)8-2/h13-16H,7-12H2,1-6H3. The molecule has 4 unspecified atom stereocenters. The third kappa shape index (κ3) is 11.6. The molecule has 0 spiro atoms. The summed E-state index contributed by atoms with van der Waals surface area (Å²) in [5, 5.41) is 0. The summed E-state index contributed by atoms with van der Waals surface area (Å²) in [6.45, 7) is 10.2. The van der Waals surface area contributed by atoms with Crippen LogP contribution in [0.15, 0.2) is 0 Å². The van der Waals surface area contributed by atoms with Gasteiger partial charge in [-0.25, -0.2) is 9.59 Å². The second-order valence-corrected chi connectivity index (χ2v) is 6.78. The zero-order valence-corrected chi connectivity index (χ0v) is 17.8. The van der Waals surface area contributed by atoms with Crippen LogP contribution in [0, 0.1) is 0 Å². The van der Waals surface area contributed by atoms with Gasteiger partial charge in [0.2, 0.25) is 0 Å². The molecule has 0 radical (unpaired) electrons. The van der Waals surface area contributed by atoms with Crippen LogP contribution in [-0.2, 0) is 38.1 Å². The van der Waals surface area contributed by atoms with E-state index in [1.807, 2.05) is 13.8 Å². The van der Waals surface area contributed by atoms with Crippen molar-refractivity contribution >= 4 is 23.9 Å². The normalized spacial score (nSPS) is 14.9. The first-order chi connectivity index (χ1) is 13.1. The molecule has 162 valence electrons. The van der Waals surface area contributed by atoms with Crippen LogP contribution in [0.4, 0.5) is 0 Å². The monoisotopic (exact) mass is 402 g/mol. The van der Waals surface area contributed by atoms with Gasteiger partial charge in [-0.15, -0.1) is 0 Å². The number of carbonyl (C=O) groups is 4. The number of rotatable bonds is 13. The lowest BCUT2D eigenvalue weighted by Crippen LogP contribution is -2.29. The minimum atomic E-state index is -0.969. The van der Waals surface area contributed by atoms with Crippen molar-refractivity contribution in [3.63, 3.8) is 0 Å². The molecule has 0 aromatic heterocycles. The lowest BCUT2D eigenvalue weighted by atomic mass is 10.2. The first-order valence-electron chi connectivity index (χ1n) is 9.90. The number of esters is 4. The molecule has 0 aliphatic rings. The fourth-order valence-corrected chi connectivity index (χ4v) is 1.90. The van der Waals surface area contributed by atoms with Crippen molar-refractivity contribution in [3.05, 3.63) is 0 Å². The summed E-state index contributed by atoms with van der Waals surface area (Å²) in [6, 6.07) is 0. The van der Waals surface area contributed by atoms with E-state index in [9.17, 15) is 19.2 Å². The molecule has 0 aromatic rings. The molecule has 0 saturated carbocycles. The van der Waals surface area contributed by atoms with Crippen molar-refractivity contribution in [1.29, 1.82) is 0 Å². The molecule has 0 fully saturated rings. The number of unbranched alkanes of at least 4 members (excludes halogenated alkanes) is 1. The quantitative estimate of drug-likeness (QED) is 0.263. The number of carbonyl (C=O) groups excluding carboxylic acids is 4. The summed E-state index contributed by atoms with van der Waals surface area (Å²) in [6.07, 6.45) is -0.117. The van der Waals surface area contributed by atoms with E-state index < -0.39 is 36.1 Å². The lowest BCUT2D eigenvalue weighted by molar-refractivity contribution is -0.170. The summed E-state index contributed by atoms with van der Waals surface area (Å²) in [5.74, 6) is -2.23. The number of ether oxygens (including phenoxy) is 4. The third-order valence-corrected chi connectivity index (χ3v) is 4.08. The maximum Gasteiger partial charge on any atom is 0.347 e. The highest BCUT2D eigenvalue weighted by Gasteiger charge is 2.22. The Labute approximate surface area is 167 Å². The second-order valence-electron chi connectivity index (χ2n) is 6.78. The number of hydrogen-bond acceptors (Lipinski definition) is 8. The van der Waals surface area contributed by atoms with E-state index in [-0.39, 0.29) is 25.0 Å². The van der Waals surface area contributed by atoms with E-state index in [2.05, 4.69) is 0 Å². The molecule has 0 aromatic carbocycles. The van der Waals surface area contributed by atoms with Gasteiger partial charge in [0.15, 0.2) is 12.2 Å². The zero-order chi connectivity index (χ0) is 21.7. The van der Waals surface area contributed by atoms with Gasteiger partial charge in [0.1, 0.15) is 0 Å². The van der Waals surface area contributed by atoms with Crippen LogP contribution < -0.4 is 0 Å². The van der Waals surface area contributed by atoms with Gasteiger partial charge in [-0.05, 0) is 53.4 Å². The highest BCUT2D eigenvalue weighted by atomic mass is 16.6. The van der Waals surface area contributed by atoms with Crippen molar-refractivity contribution in [2.45, 2.75) is 104 Å². The lowest BCUT2D eigenvalue weighted by Gasteiger charge is -2.16. The van der Waals surface area contributed by atoms with Crippen molar-refractivity contribution < 1.29 is 38.1 Å². The van der Waals surface area contributed by atoms with E-state index in [1.165, 1.54) is 13.8 Å². The van der Waals surface area contributed by atoms with Gasteiger partial charge in [0.05, 0.1) is 12.2 Å². The minimum Gasteiger partial charge on any atom is -0.460 e. The average Bonchev–Trinajstić information content (AvgIpc) is 2.64. The van der Waals surface area contributed by atoms with Crippen molar-refractivity contribution in [2.24, 2.45) is 0 Å². The van der Waals surface area contributed by atoms with E-state index >= 15 is 0 Å². The van der Waals surface area contributed by atoms with Crippen LogP contribution in [0.1, 0.15) is 80.1 Å². The Morgan fingerprint density at radius 1 is 0.607 bits per heavy atom. The topological polar surface area (TPSA) is 105 Å². The fourth-order valence-electron chi connectivity index (χ4n) is 1.90. The molecular formula is C20H34O8. The van der Waals surface area contributed by atoms with Gasteiger partial charge in [0.25, 0.3) is 0 Å². The van der Waals surface area contributed by atoms with E-state index in [0.29, 0.717) is 25.7 Å². The van der Waals surface area contributed by atoms with Crippen LogP contribution in [0.3, 0.4) is 0 Å². The molecule has 4 atom stereocenters. The first-order valence-corrected chi connectivity index (χ1v) is 9.90. The molecule has 0 N–H and O–H groups in total. The molecule has 0 rings (SSSR count).